The van der Waals surface area contributed by atoms with Gasteiger partial charge in [0.2, 0.25) is 0 Å². The zero-order valence-electron chi connectivity index (χ0n) is 15.6. The summed E-state index contributed by atoms with van der Waals surface area (Å²) in [5, 5.41) is 11.7. The number of benzene rings is 2. The van der Waals surface area contributed by atoms with Gasteiger partial charge in [-0.2, -0.15) is 5.26 Å². The summed E-state index contributed by atoms with van der Waals surface area (Å²) in [7, 11) is 0. The highest BCUT2D eigenvalue weighted by Crippen LogP contribution is 2.29. The van der Waals surface area contributed by atoms with Gasteiger partial charge in [0.15, 0.2) is 0 Å². The topological polar surface area (TPSA) is 76.4 Å². The maximum absolute atomic E-state index is 12.7. The first-order chi connectivity index (χ1) is 13.7. The first-order valence-corrected chi connectivity index (χ1v) is 9.56. The summed E-state index contributed by atoms with van der Waals surface area (Å²) in [6, 6.07) is 17.2. The molecule has 1 aliphatic carbocycles. The molecule has 2 aromatic carbocycles. The zero-order chi connectivity index (χ0) is 19.5. The number of nitrogens with one attached hydrogen (secondary N) is 1. The van der Waals surface area contributed by atoms with Crippen LogP contribution in [0.4, 0.5) is 10.5 Å². The number of carbonyl (C=O) groups is 2. The summed E-state index contributed by atoms with van der Waals surface area (Å²) in [6.45, 7) is 1.68. The van der Waals surface area contributed by atoms with Crippen LogP contribution in [-0.2, 0) is 13.1 Å². The Morgan fingerprint density at radius 3 is 2.29 bits per heavy atom. The van der Waals surface area contributed by atoms with E-state index in [1.54, 1.807) is 34.1 Å². The number of urea groups is 1. The van der Waals surface area contributed by atoms with E-state index in [2.05, 4.69) is 11.4 Å². The van der Waals surface area contributed by atoms with Crippen molar-refractivity contribution in [2.75, 3.05) is 11.9 Å². The highest BCUT2D eigenvalue weighted by atomic mass is 16.2. The Hall–Kier alpha value is -3.33. The summed E-state index contributed by atoms with van der Waals surface area (Å²) >= 11 is 0. The van der Waals surface area contributed by atoms with E-state index in [1.807, 2.05) is 24.3 Å². The lowest BCUT2D eigenvalue weighted by Crippen LogP contribution is -2.34. The highest BCUT2D eigenvalue weighted by Gasteiger charge is 2.32. The third-order valence-electron chi connectivity index (χ3n) is 5.22. The van der Waals surface area contributed by atoms with E-state index in [0.717, 1.165) is 12.8 Å². The van der Waals surface area contributed by atoms with Crippen LogP contribution in [-0.4, -0.2) is 34.3 Å². The van der Waals surface area contributed by atoms with Crippen molar-refractivity contribution < 1.29 is 9.59 Å². The van der Waals surface area contributed by atoms with E-state index in [0.29, 0.717) is 37.3 Å². The fourth-order valence-electron chi connectivity index (χ4n) is 3.55. The maximum atomic E-state index is 12.7. The van der Waals surface area contributed by atoms with Crippen molar-refractivity contribution in [2.45, 2.75) is 38.4 Å². The molecular weight excluding hydrogens is 352 g/mol. The molecule has 28 heavy (non-hydrogen) atoms. The van der Waals surface area contributed by atoms with Crippen LogP contribution in [0.3, 0.4) is 0 Å². The van der Waals surface area contributed by atoms with Gasteiger partial charge in [0.25, 0.3) is 5.91 Å². The van der Waals surface area contributed by atoms with Crippen molar-refractivity contribution in [3.8, 4) is 6.07 Å². The quantitative estimate of drug-likeness (QED) is 0.866. The predicted octanol–water partition coefficient (Wildman–Crippen LogP) is 3.75. The lowest BCUT2D eigenvalue weighted by molar-refractivity contribution is 0.0747. The van der Waals surface area contributed by atoms with Gasteiger partial charge in [0.1, 0.15) is 0 Å². The molecule has 1 saturated carbocycles. The SMILES string of the molecule is N#CCCN(C(=O)c1ccc(NC(=O)N2Cc3ccccc3C2)cc1)C1CC1. The molecule has 2 aromatic rings. The molecule has 6 heteroatoms. The Morgan fingerprint density at radius 1 is 1.07 bits per heavy atom. The Labute approximate surface area is 164 Å². The number of fused-ring (bicyclic) bond motifs is 1. The van der Waals surface area contributed by atoms with E-state index in [-0.39, 0.29) is 18.0 Å². The normalized spacial score (nSPS) is 14.9. The highest BCUT2D eigenvalue weighted by molar-refractivity contribution is 5.96. The van der Waals surface area contributed by atoms with Crippen LogP contribution in [0, 0.1) is 11.3 Å². The number of hydrogen-bond acceptors (Lipinski definition) is 3. The van der Waals surface area contributed by atoms with Gasteiger partial charge in [-0.25, -0.2) is 4.79 Å². The molecule has 0 radical (unpaired) electrons. The van der Waals surface area contributed by atoms with Crippen molar-refractivity contribution in [3.63, 3.8) is 0 Å². The van der Waals surface area contributed by atoms with Gasteiger partial charge >= 0.3 is 6.03 Å². The van der Waals surface area contributed by atoms with Crippen LogP contribution >= 0.6 is 0 Å². The summed E-state index contributed by atoms with van der Waals surface area (Å²) in [4.78, 5) is 28.8. The van der Waals surface area contributed by atoms with E-state index in [1.165, 1.54) is 11.1 Å². The molecule has 0 unspecified atom stereocenters. The first kappa shape index (κ1) is 18.1. The molecule has 1 heterocycles. The van der Waals surface area contributed by atoms with Gasteiger partial charge in [-0.05, 0) is 48.2 Å². The summed E-state index contributed by atoms with van der Waals surface area (Å²) in [5.74, 6) is -0.0504. The van der Waals surface area contributed by atoms with Gasteiger partial charge in [-0.1, -0.05) is 24.3 Å². The van der Waals surface area contributed by atoms with Gasteiger partial charge in [-0.15, -0.1) is 0 Å². The molecule has 0 aromatic heterocycles. The van der Waals surface area contributed by atoms with Crippen molar-refractivity contribution in [3.05, 3.63) is 65.2 Å². The standard InChI is InChI=1S/C22H22N4O2/c23-12-3-13-26(20-10-11-20)21(27)16-6-8-19(9-7-16)24-22(28)25-14-17-4-1-2-5-18(17)15-25/h1-2,4-9,20H,3,10-11,13-15H2,(H,24,28). The largest absolute Gasteiger partial charge is 0.335 e. The van der Waals surface area contributed by atoms with Crippen molar-refractivity contribution in [2.24, 2.45) is 0 Å². The third-order valence-corrected chi connectivity index (χ3v) is 5.22. The van der Waals surface area contributed by atoms with Gasteiger partial charge in [-0.3, -0.25) is 4.79 Å². The van der Waals surface area contributed by atoms with Crippen LogP contribution in [0.2, 0.25) is 0 Å². The molecular formula is C22H22N4O2. The Bertz CT molecular complexity index is 903. The number of nitriles is 1. The number of rotatable bonds is 5. The van der Waals surface area contributed by atoms with E-state index < -0.39 is 0 Å². The fraction of sp³-hybridized carbons (Fsp3) is 0.318. The first-order valence-electron chi connectivity index (χ1n) is 9.56. The molecule has 1 aliphatic heterocycles. The van der Waals surface area contributed by atoms with Crippen LogP contribution in [0.5, 0.6) is 0 Å². The predicted molar refractivity (Wildman–Crippen MR) is 105 cm³/mol. The molecule has 4 rings (SSSR count). The van der Waals surface area contributed by atoms with Crippen molar-refractivity contribution in [1.82, 2.24) is 9.80 Å². The Morgan fingerprint density at radius 2 is 1.71 bits per heavy atom. The molecule has 0 saturated heterocycles. The lowest BCUT2D eigenvalue weighted by Gasteiger charge is -2.21. The van der Waals surface area contributed by atoms with Crippen LogP contribution in [0.1, 0.15) is 40.7 Å². The number of amides is 3. The fourth-order valence-corrected chi connectivity index (χ4v) is 3.55. The smallest absolute Gasteiger partial charge is 0.322 e. The van der Waals surface area contributed by atoms with Gasteiger partial charge in [0, 0.05) is 36.9 Å². The van der Waals surface area contributed by atoms with E-state index >= 15 is 0 Å². The second kappa shape index (κ2) is 7.73. The summed E-state index contributed by atoms with van der Waals surface area (Å²) < 4.78 is 0. The van der Waals surface area contributed by atoms with Gasteiger partial charge < -0.3 is 15.1 Å². The van der Waals surface area contributed by atoms with E-state index in [9.17, 15) is 9.59 Å². The van der Waals surface area contributed by atoms with Crippen molar-refractivity contribution >= 4 is 17.6 Å². The van der Waals surface area contributed by atoms with Crippen LogP contribution in [0.15, 0.2) is 48.5 Å². The summed E-state index contributed by atoms with van der Waals surface area (Å²) in [5.41, 5.74) is 3.59. The molecule has 3 amide bonds. The average molecular weight is 374 g/mol. The lowest BCUT2D eigenvalue weighted by atomic mass is 10.1. The number of carbonyl (C=O) groups excluding carboxylic acids is 2. The Kier molecular flexibility index (Phi) is 4.98. The molecule has 6 nitrogen and oxygen atoms in total. The number of hydrogen-bond donors (Lipinski definition) is 1. The van der Waals surface area contributed by atoms with Crippen LogP contribution < -0.4 is 5.32 Å². The molecule has 142 valence electrons. The molecule has 2 aliphatic rings. The second-order valence-corrected chi connectivity index (χ2v) is 7.27. The van der Waals surface area contributed by atoms with E-state index in [4.69, 9.17) is 5.26 Å². The molecule has 1 N–H and O–H groups in total. The maximum Gasteiger partial charge on any atom is 0.322 e. The molecule has 0 atom stereocenters. The molecule has 1 fully saturated rings. The van der Waals surface area contributed by atoms with Crippen molar-refractivity contribution in [1.29, 1.82) is 5.26 Å². The average Bonchev–Trinajstić information content (AvgIpc) is 3.45. The third kappa shape index (κ3) is 3.84. The number of nitrogens with zero attached hydrogens (tertiary/aromatic N) is 3. The molecule has 0 spiro atoms. The second-order valence-electron chi connectivity index (χ2n) is 7.27. The monoisotopic (exact) mass is 374 g/mol. The summed E-state index contributed by atoms with van der Waals surface area (Å²) in [6.07, 6.45) is 2.35. The minimum Gasteiger partial charge on any atom is -0.335 e. The minimum absolute atomic E-state index is 0.0504. The Balaban J connectivity index is 1.37. The zero-order valence-corrected chi connectivity index (χ0v) is 15.6. The number of anilines is 1. The van der Waals surface area contributed by atoms with Crippen LogP contribution in [0.25, 0.3) is 0 Å². The van der Waals surface area contributed by atoms with Gasteiger partial charge in [0.05, 0.1) is 12.5 Å². The molecule has 0 bridgehead atoms. The minimum atomic E-state index is -0.149.